The van der Waals surface area contributed by atoms with E-state index in [0.717, 1.165) is 41.8 Å². The van der Waals surface area contributed by atoms with E-state index in [9.17, 15) is 9.90 Å². The maximum atomic E-state index is 13.1. The van der Waals surface area contributed by atoms with Crippen LogP contribution >= 0.6 is 58.3 Å². The zero-order valence-corrected chi connectivity index (χ0v) is 25.8. The number of anilines is 2. The number of carbonyl (C=O) groups is 1. The highest BCUT2D eigenvalue weighted by Crippen LogP contribution is 2.42. The summed E-state index contributed by atoms with van der Waals surface area (Å²) in [6.07, 6.45) is 5.62. The lowest BCUT2D eigenvalue weighted by atomic mass is 9.94. The topological polar surface area (TPSA) is 98.2 Å². The lowest BCUT2D eigenvalue weighted by Crippen LogP contribution is -2.50. The van der Waals surface area contributed by atoms with Gasteiger partial charge in [0.25, 0.3) is 5.91 Å². The van der Waals surface area contributed by atoms with E-state index in [1.807, 2.05) is 11.4 Å². The molecule has 0 radical (unpaired) electrons. The fourth-order valence-electron chi connectivity index (χ4n) is 5.08. The summed E-state index contributed by atoms with van der Waals surface area (Å²) >= 11 is 15.6. The van der Waals surface area contributed by atoms with Gasteiger partial charge in [0.15, 0.2) is 5.13 Å². The van der Waals surface area contributed by atoms with E-state index in [0.29, 0.717) is 27.5 Å². The van der Waals surface area contributed by atoms with Gasteiger partial charge in [0.2, 0.25) is 0 Å². The molecule has 1 saturated carbocycles. The standard InChI is InChI=1S/C27H32Cl2N4O4S2.ClH/c28-18-13-23(38-16-18)24-26(33-10-8-32(9-11-33)19-4-2-1-3-5-19)39-27(30-24)31-25(36)17-6-7-22(21(29)12-17)37-15-20(35)14-34;/h6-7,12-13,16,19-20,34-35H,1-5,8-11,14-15H2,(H,30,31,36);1H. The summed E-state index contributed by atoms with van der Waals surface area (Å²) < 4.78 is 5.42. The molecule has 218 valence electrons. The molecular formula is C27H33Cl3N4O4S2. The van der Waals surface area contributed by atoms with Crippen molar-refractivity contribution in [2.24, 2.45) is 0 Å². The molecule has 40 heavy (non-hydrogen) atoms. The number of halogens is 3. The van der Waals surface area contributed by atoms with Crippen LogP contribution in [0.4, 0.5) is 10.1 Å². The Balaban J connectivity index is 0.00000370. The Hall–Kier alpha value is -1.63. The predicted octanol–water partition coefficient (Wildman–Crippen LogP) is 6.04. The van der Waals surface area contributed by atoms with Gasteiger partial charge in [-0.1, -0.05) is 53.8 Å². The lowest BCUT2D eigenvalue weighted by Gasteiger charge is -2.41. The van der Waals surface area contributed by atoms with Gasteiger partial charge in [0.05, 0.1) is 21.5 Å². The van der Waals surface area contributed by atoms with Crippen LogP contribution < -0.4 is 15.0 Å². The molecule has 3 N–H and O–H groups in total. The number of aliphatic hydroxyl groups excluding tert-OH is 2. The number of nitrogens with one attached hydrogen (secondary N) is 1. The minimum Gasteiger partial charge on any atom is -0.489 e. The molecule has 1 unspecified atom stereocenters. The van der Waals surface area contributed by atoms with Crippen LogP contribution in [0.2, 0.25) is 10.0 Å². The molecule has 2 aromatic heterocycles. The fraction of sp³-hybridized carbons (Fsp3) is 0.481. The monoisotopic (exact) mass is 646 g/mol. The average Bonchev–Trinajstić information content (AvgIpc) is 3.58. The van der Waals surface area contributed by atoms with Gasteiger partial charge in [0.1, 0.15) is 29.2 Å². The number of carbonyl (C=O) groups excluding carboxylic acids is 1. The Labute approximate surface area is 258 Å². The van der Waals surface area contributed by atoms with Crippen molar-refractivity contribution in [3.05, 3.63) is 45.3 Å². The zero-order chi connectivity index (χ0) is 27.4. The van der Waals surface area contributed by atoms with Crippen molar-refractivity contribution in [2.75, 3.05) is 49.6 Å². The number of thiazole rings is 1. The summed E-state index contributed by atoms with van der Waals surface area (Å²) in [5.74, 6) is -0.0153. The van der Waals surface area contributed by atoms with Gasteiger partial charge in [-0.25, -0.2) is 4.98 Å². The quantitative estimate of drug-likeness (QED) is 0.261. The van der Waals surface area contributed by atoms with E-state index in [1.165, 1.54) is 49.5 Å². The number of benzene rings is 1. The molecule has 1 aromatic carbocycles. The first-order valence-corrected chi connectivity index (χ1v) is 15.6. The number of thiophene rings is 1. The van der Waals surface area contributed by atoms with Gasteiger partial charge in [-0.2, -0.15) is 0 Å². The third kappa shape index (κ3) is 7.60. The van der Waals surface area contributed by atoms with Crippen molar-refractivity contribution in [3.8, 4) is 16.3 Å². The van der Waals surface area contributed by atoms with Crippen molar-refractivity contribution in [1.29, 1.82) is 0 Å². The van der Waals surface area contributed by atoms with E-state index in [2.05, 4.69) is 15.1 Å². The van der Waals surface area contributed by atoms with Crippen LogP contribution in [0, 0.1) is 0 Å². The number of rotatable bonds is 9. The zero-order valence-electron chi connectivity index (χ0n) is 21.9. The number of aromatic nitrogens is 1. The number of hydrogen-bond donors (Lipinski definition) is 3. The Morgan fingerprint density at radius 1 is 1.15 bits per heavy atom. The van der Waals surface area contributed by atoms with Gasteiger partial charge in [0, 0.05) is 43.2 Å². The number of piperazine rings is 1. The fourth-order valence-corrected chi connectivity index (χ4v) is 7.47. The average molecular weight is 648 g/mol. The van der Waals surface area contributed by atoms with Crippen LogP contribution in [0.1, 0.15) is 42.5 Å². The number of amides is 1. The van der Waals surface area contributed by atoms with E-state index in [4.69, 9.17) is 38.0 Å². The number of hydrogen-bond acceptors (Lipinski definition) is 9. The summed E-state index contributed by atoms with van der Waals surface area (Å²) in [7, 11) is 0. The normalized spacial score (nSPS) is 17.4. The van der Waals surface area contributed by atoms with Crippen LogP contribution in [0.15, 0.2) is 29.6 Å². The molecule has 1 amide bonds. The van der Waals surface area contributed by atoms with Crippen LogP contribution in [0.25, 0.3) is 10.6 Å². The lowest BCUT2D eigenvalue weighted by molar-refractivity contribution is 0.0536. The molecule has 2 fully saturated rings. The van der Waals surface area contributed by atoms with Crippen LogP contribution in [-0.2, 0) is 0 Å². The predicted molar refractivity (Wildman–Crippen MR) is 166 cm³/mol. The highest BCUT2D eigenvalue weighted by Gasteiger charge is 2.28. The van der Waals surface area contributed by atoms with Crippen LogP contribution in [0.5, 0.6) is 5.75 Å². The largest absolute Gasteiger partial charge is 0.489 e. The minimum atomic E-state index is -1.01. The van der Waals surface area contributed by atoms with Crippen LogP contribution in [0.3, 0.4) is 0 Å². The first-order valence-electron chi connectivity index (χ1n) is 13.2. The van der Waals surface area contributed by atoms with Crippen molar-refractivity contribution >= 4 is 74.3 Å². The highest BCUT2D eigenvalue weighted by molar-refractivity contribution is 7.21. The molecule has 1 aliphatic heterocycles. The molecule has 5 rings (SSSR count). The van der Waals surface area contributed by atoms with Crippen molar-refractivity contribution in [1.82, 2.24) is 9.88 Å². The third-order valence-corrected chi connectivity index (χ3v) is 9.77. The van der Waals surface area contributed by atoms with Crippen molar-refractivity contribution in [2.45, 2.75) is 44.2 Å². The van der Waals surface area contributed by atoms with Gasteiger partial charge in [-0.15, -0.1) is 23.7 Å². The Morgan fingerprint density at radius 2 is 1.90 bits per heavy atom. The molecule has 13 heteroatoms. The van der Waals surface area contributed by atoms with E-state index in [1.54, 1.807) is 23.5 Å². The smallest absolute Gasteiger partial charge is 0.257 e. The molecule has 0 bridgehead atoms. The Kier molecular flexibility index (Phi) is 11.4. The van der Waals surface area contributed by atoms with Gasteiger partial charge in [-0.3, -0.25) is 15.0 Å². The molecule has 8 nitrogen and oxygen atoms in total. The molecule has 1 saturated heterocycles. The molecule has 2 aliphatic rings. The number of ether oxygens (including phenoxy) is 1. The molecular weight excluding hydrogens is 615 g/mol. The first-order chi connectivity index (χ1) is 18.9. The summed E-state index contributed by atoms with van der Waals surface area (Å²) in [4.78, 5) is 23.9. The van der Waals surface area contributed by atoms with Gasteiger partial charge in [-0.05, 0) is 37.1 Å². The second-order valence-corrected chi connectivity index (χ2v) is 12.6. The second kappa shape index (κ2) is 14.5. The molecule has 1 aliphatic carbocycles. The van der Waals surface area contributed by atoms with Crippen LogP contribution in [-0.4, -0.2) is 77.5 Å². The summed E-state index contributed by atoms with van der Waals surface area (Å²) in [6, 6.07) is 7.30. The van der Waals surface area contributed by atoms with Gasteiger partial charge < -0.3 is 19.8 Å². The number of aliphatic hydroxyl groups is 2. The van der Waals surface area contributed by atoms with Crippen molar-refractivity contribution < 1.29 is 19.7 Å². The SMILES string of the molecule is Cl.O=C(Nc1nc(-c2cc(Cl)cs2)c(N2CCN(C3CCCCC3)CC2)s1)c1ccc(OCC(O)CO)c(Cl)c1. The molecule has 3 aromatic rings. The molecule has 0 spiro atoms. The maximum Gasteiger partial charge on any atom is 0.257 e. The highest BCUT2D eigenvalue weighted by atomic mass is 35.5. The van der Waals surface area contributed by atoms with E-state index >= 15 is 0 Å². The molecule has 1 atom stereocenters. The second-order valence-electron chi connectivity index (χ2n) is 9.86. The van der Waals surface area contributed by atoms with E-state index in [-0.39, 0.29) is 29.9 Å². The maximum absolute atomic E-state index is 13.1. The number of nitrogens with zero attached hydrogens (tertiary/aromatic N) is 3. The Morgan fingerprint density at radius 3 is 2.55 bits per heavy atom. The molecule has 3 heterocycles. The first kappa shape index (κ1) is 31.3. The minimum absolute atomic E-state index is 0. The summed E-state index contributed by atoms with van der Waals surface area (Å²) in [5.41, 5.74) is 1.19. The van der Waals surface area contributed by atoms with Gasteiger partial charge >= 0.3 is 0 Å². The van der Waals surface area contributed by atoms with E-state index < -0.39 is 12.7 Å². The van der Waals surface area contributed by atoms with Crippen molar-refractivity contribution in [3.63, 3.8) is 0 Å². The summed E-state index contributed by atoms with van der Waals surface area (Å²) in [5, 5.41) is 25.7. The summed E-state index contributed by atoms with van der Waals surface area (Å²) in [6.45, 7) is 3.37. The third-order valence-electron chi connectivity index (χ3n) is 7.16. The Bertz CT molecular complexity index is 1280.